The molecule has 0 bridgehead atoms. The molecule has 2 aromatic carbocycles. The lowest BCUT2D eigenvalue weighted by Gasteiger charge is -2.26. The lowest BCUT2D eigenvalue weighted by molar-refractivity contribution is -0.385. The number of nitrogens with one attached hydrogen (secondary N) is 1. The molecule has 3 aromatic rings. The molecule has 0 spiro atoms. The number of carbonyl (C=O) groups is 3. The van der Waals surface area contributed by atoms with Gasteiger partial charge in [0.1, 0.15) is 17.1 Å². The average molecular weight is 496 g/mol. The smallest absolute Gasteiger partial charge is 0.335 e. The Kier molecular flexibility index (Phi) is 5.45. The van der Waals surface area contributed by atoms with Crippen LogP contribution in [-0.2, 0) is 9.59 Å². The minimum atomic E-state index is -0.859. The molecule has 10 heteroatoms. The first kappa shape index (κ1) is 21.2. The van der Waals surface area contributed by atoms with Crippen molar-refractivity contribution in [2.75, 3.05) is 4.90 Å². The number of halogens is 1. The molecule has 1 fully saturated rings. The van der Waals surface area contributed by atoms with Crippen molar-refractivity contribution in [1.82, 2.24) is 5.32 Å². The van der Waals surface area contributed by atoms with Crippen LogP contribution in [0.2, 0.25) is 0 Å². The first-order valence-electron chi connectivity index (χ1n) is 9.27. The van der Waals surface area contributed by atoms with Crippen LogP contribution in [0.3, 0.4) is 0 Å². The van der Waals surface area contributed by atoms with Crippen molar-refractivity contribution in [1.29, 1.82) is 0 Å². The summed E-state index contributed by atoms with van der Waals surface area (Å²) < 4.78 is 6.34. The molecular formula is C22H14BrN3O6. The van der Waals surface area contributed by atoms with E-state index in [1.165, 1.54) is 18.2 Å². The van der Waals surface area contributed by atoms with Gasteiger partial charge in [-0.25, -0.2) is 9.69 Å². The Morgan fingerprint density at radius 3 is 2.59 bits per heavy atom. The number of anilines is 1. The van der Waals surface area contributed by atoms with E-state index < -0.39 is 22.8 Å². The Labute approximate surface area is 189 Å². The van der Waals surface area contributed by atoms with Crippen LogP contribution in [-0.4, -0.2) is 22.8 Å². The van der Waals surface area contributed by atoms with Crippen molar-refractivity contribution in [3.8, 4) is 11.3 Å². The maximum absolute atomic E-state index is 12.9. The molecule has 1 aliphatic rings. The van der Waals surface area contributed by atoms with Gasteiger partial charge in [-0.2, -0.15) is 0 Å². The van der Waals surface area contributed by atoms with Gasteiger partial charge in [0.2, 0.25) is 0 Å². The predicted octanol–water partition coefficient (Wildman–Crippen LogP) is 4.59. The van der Waals surface area contributed by atoms with Crippen molar-refractivity contribution in [3.63, 3.8) is 0 Å². The Morgan fingerprint density at radius 2 is 1.88 bits per heavy atom. The number of nitro groups is 1. The number of carbonyl (C=O) groups excluding carboxylic acids is 3. The molecule has 2 heterocycles. The number of furan rings is 1. The van der Waals surface area contributed by atoms with Gasteiger partial charge >= 0.3 is 6.03 Å². The number of amides is 4. The van der Waals surface area contributed by atoms with Crippen molar-refractivity contribution in [3.05, 3.63) is 86.1 Å². The molecule has 4 rings (SSSR count). The topological polar surface area (TPSA) is 123 Å². The van der Waals surface area contributed by atoms with Gasteiger partial charge < -0.3 is 4.42 Å². The highest BCUT2D eigenvalue weighted by atomic mass is 79.9. The van der Waals surface area contributed by atoms with Crippen LogP contribution >= 0.6 is 15.9 Å². The summed E-state index contributed by atoms with van der Waals surface area (Å²) in [5.41, 5.74) is 0.920. The second-order valence-electron chi connectivity index (χ2n) is 6.90. The molecule has 1 saturated heterocycles. The fraction of sp³-hybridized carbons (Fsp3) is 0.0455. The number of aryl methyl sites for hydroxylation is 1. The molecule has 32 heavy (non-hydrogen) atoms. The van der Waals surface area contributed by atoms with Gasteiger partial charge in [-0.15, -0.1) is 0 Å². The molecule has 1 aromatic heterocycles. The van der Waals surface area contributed by atoms with Crippen LogP contribution in [0.4, 0.5) is 16.2 Å². The normalized spacial score (nSPS) is 15.2. The largest absolute Gasteiger partial charge is 0.457 e. The molecule has 0 aliphatic carbocycles. The van der Waals surface area contributed by atoms with E-state index in [-0.39, 0.29) is 22.7 Å². The Balaban J connectivity index is 1.68. The summed E-state index contributed by atoms with van der Waals surface area (Å²) in [6.45, 7) is 1.63. The van der Waals surface area contributed by atoms with E-state index in [9.17, 15) is 24.5 Å². The van der Waals surface area contributed by atoms with Crippen LogP contribution in [0.5, 0.6) is 0 Å². The van der Waals surface area contributed by atoms with Crippen LogP contribution < -0.4 is 10.2 Å². The quantitative estimate of drug-likeness (QED) is 0.244. The second kappa shape index (κ2) is 8.23. The molecule has 1 aliphatic heterocycles. The van der Waals surface area contributed by atoms with Gasteiger partial charge in [-0.1, -0.05) is 34.1 Å². The zero-order chi connectivity index (χ0) is 23.0. The van der Waals surface area contributed by atoms with Crippen molar-refractivity contribution < 1.29 is 23.7 Å². The maximum atomic E-state index is 12.9. The number of imide groups is 2. The first-order chi connectivity index (χ1) is 15.2. The fourth-order valence-electron chi connectivity index (χ4n) is 3.19. The number of benzene rings is 2. The van der Waals surface area contributed by atoms with Gasteiger partial charge in [0.05, 0.1) is 10.6 Å². The summed E-state index contributed by atoms with van der Waals surface area (Å²) in [6, 6.07) is 13.4. The lowest BCUT2D eigenvalue weighted by Crippen LogP contribution is -2.54. The first-order valence-corrected chi connectivity index (χ1v) is 10.1. The van der Waals surface area contributed by atoms with Gasteiger partial charge in [-0.3, -0.25) is 25.0 Å². The fourth-order valence-corrected chi connectivity index (χ4v) is 3.58. The summed E-state index contributed by atoms with van der Waals surface area (Å²) in [4.78, 5) is 49.1. The number of nitrogens with zero attached hydrogens (tertiary/aromatic N) is 2. The summed E-state index contributed by atoms with van der Waals surface area (Å²) in [5, 5.41) is 13.3. The van der Waals surface area contributed by atoms with Crippen molar-refractivity contribution in [2.24, 2.45) is 0 Å². The molecule has 0 radical (unpaired) electrons. The molecule has 4 amide bonds. The summed E-state index contributed by atoms with van der Waals surface area (Å²) in [5.74, 6) is -1.16. The highest BCUT2D eigenvalue weighted by molar-refractivity contribution is 9.10. The lowest BCUT2D eigenvalue weighted by atomic mass is 10.1. The molecule has 0 saturated carbocycles. The molecule has 9 nitrogen and oxygen atoms in total. The summed E-state index contributed by atoms with van der Waals surface area (Å²) in [7, 11) is 0. The van der Waals surface area contributed by atoms with Crippen molar-refractivity contribution >= 4 is 51.2 Å². The SMILES string of the molecule is Cc1ccc(-c2ccc(/C=C3/C(=O)NC(=O)N(c4cccc(Br)c4)C3=O)o2)cc1[N+](=O)[O-]. The summed E-state index contributed by atoms with van der Waals surface area (Å²) in [6.07, 6.45) is 1.22. The zero-order valence-electron chi connectivity index (χ0n) is 16.5. The third-order valence-corrected chi connectivity index (χ3v) is 5.27. The van der Waals surface area contributed by atoms with E-state index in [1.807, 2.05) is 0 Å². The van der Waals surface area contributed by atoms with E-state index in [0.717, 1.165) is 4.90 Å². The predicted molar refractivity (Wildman–Crippen MR) is 119 cm³/mol. The molecule has 0 atom stereocenters. The van der Waals surface area contributed by atoms with Crippen LogP contribution in [0.25, 0.3) is 17.4 Å². The number of nitro benzene ring substituents is 1. The molecule has 160 valence electrons. The second-order valence-corrected chi connectivity index (χ2v) is 7.81. The average Bonchev–Trinajstić information content (AvgIpc) is 3.20. The standard InChI is InChI=1S/C22H14BrN3O6/c1-12-5-6-13(9-18(12)26(30)31)19-8-7-16(32-19)11-17-20(27)24-22(29)25(21(17)28)15-4-2-3-14(23)10-15/h2-11H,1H3,(H,24,27,29)/b17-11-. The molecule has 0 unspecified atom stereocenters. The van der Waals surface area contributed by atoms with E-state index in [4.69, 9.17) is 4.42 Å². The Bertz CT molecular complexity index is 1330. The maximum Gasteiger partial charge on any atom is 0.335 e. The van der Waals surface area contributed by atoms with E-state index in [0.29, 0.717) is 21.4 Å². The highest BCUT2D eigenvalue weighted by Crippen LogP contribution is 2.30. The number of rotatable bonds is 4. The minimum absolute atomic E-state index is 0.0520. The Hall–Kier alpha value is -4.05. The van der Waals surface area contributed by atoms with Crippen molar-refractivity contribution in [2.45, 2.75) is 6.92 Å². The minimum Gasteiger partial charge on any atom is -0.457 e. The van der Waals surface area contributed by atoms with Crippen LogP contribution in [0.1, 0.15) is 11.3 Å². The van der Waals surface area contributed by atoms with Gasteiger partial charge in [0.25, 0.3) is 17.5 Å². The van der Waals surface area contributed by atoms with Crippen LogP contribution in [0.15, 0.2) is 69.1 Å². The van der Waals surface area contributed by atoms with Gasteiger partial charge in [-0.05, 0) is 43.3 Å². The van der Waals surface area contributed by atoms with E-state index >= 15 is 0 Å². The van der Waals surface area contributed by atoms with Gasteiger partial charge in [0.15, 0.2) is 0 Å². The third-order valence-electron chi connectivity index (χ3n) is 4.77. The van der Waals surface area contributed by atoms with Crippen LogP contribution in [0, 0.1) is 17.0 Å². The Morgan fingerprint density at radius 1 is 1.09 bits per heavy atom. The van der Waals surface area contributed by atoms with E-state index in [2.05, 4.69) is 21.2 Å². The van der Waals surface area contributed by atoms with E-state index in [1.54, 1.807) is 49.4 Å². The summed E-state index contributed by atoms with van der Waals surface area (Å²) >= 11 is 3.28. The number of hydrogen-bond donors (Lipinski definition) is 1. The third kappa shape index (κ3) is 3.95. The number of barbiturate groups is 1. The number of urea groups is 1. The number of hydrogen-bond acceptors (Lipinski definition) is 6. The monoisotopic (exact) mass is 495 g/mol. The molecular weight excluding hydrogens is 482 g/mol. The molecule has 1 N–H and O–H groups in total. The zero-order valence-corrected chi connectivity index (χ0v) is 18.1. The van der Waals surface area contributed by atoms with Gasteiger partial charge in [0, 0.05) is 21.7 Å². The highest BCUT2D eigenvalue weighted by Gasteiger charge is 2.37.